The number of carbonyl (C=O) groups excluding carboxylic acids is 4. The Morgan fingerprint density at radius 2 is 1.15 bits per heavy atom. The Hall–Kier alpha value is -1.80. The van der Waals surface area contributed by atoms with Crippen LogP contribution in [-0.2, 0) is 19.2 Å². The van der Waals surface area contributed by atoms with E-state index >= 15 is 0 Å². The predicted molar refractivity (Wildman–Crippen MR) is 63.8 cm³/mol. The van der Waals surface area contributed by atoms with Crippen molar-refractivity contribution in [2.45, 2.75) is 12.8 Å². The summed E-state index contributed by atoms with van der Waals surface area (Å²) in [5, 5.41) is 17.6. The van der Waals surface area contributed by atoms with E-state index < -0.39 is 35.5 Å². The lowest BCUT2D eigenvalue weighted by molar-refractivity contribution is -0.144. The van der Waals surface area contributed by atoms with E-state index in [4.69, 9.17) is 10.2 Å². The summed E-state index contributed by atoms with van der Waals surface area (Å²) in [5.41, 5.74) is 0. The van der Waals surface area contributed by atoms with Crippen LogP contribution in [0.5, 0.6) is 0 Å². The third kappa shape index (κ3) is 2.32. The van der Waals surface area contributed by atoms with E-state index in [2.05, 4.69) is 0 Å². The standard InChI is InChI=1S/C12H16N2O6/c15-3-1-13-9(17)5-7(11(13)19)8-6-10(18)14(2-4-16)12(8)20/h7-8,15-16H,1-6H2. The minimum absolute atomic E-state index is 0.0939. The van der Waals surface area contributed by atoms with Crippen molar-refractivity contribution in [2.24, 2.45) is 11.8 Å². The maximum atomic E-state index is 12.1. The second-order valence-corrected chi connectivity index (χ2v) is 4.84. The van der Waals surface area contributed by atoms with Gasteiger partial charge >= 0.3 is 0 Å². The van der Waals surface area contributed by atoms with Crippen LogP contribution < -0.4 is 0 Å². The molecular weight excluding hydrogens is 268 g/mol. The topological polar surface area (TPSA) is 115 Å². The van der Waals surface area contributed by atoms with Crippen LogP contribution in [0.4, 0.5) is 0 Å². The number of amides is 4. The highest BCUT2D eigenvalue weighted by Crippen LogP contribution is 2.34. The molecule has 0 aliphatic carbocycles. The minimum atomic E-state index is -0.839. The maximum absolute atomic E-state index is 12.1. The number of carbonyl (C=O) groups is 4. The molecule has 4 amide bonds. The highest BCUT2D eigenvalue weighted by atomic mass is 16.3. The van der Waals surface area contributed by atoms with Crippen molar-refractivity contribution < 1.29 is 29.4 Å². The first-order valence-electron chi connectivity index (χ1n) is 6.41. The van der Waals surface area contributed by atoms with Crippen molar-refractivity contribution >= 4 is 23.6 Å². The van der Waals surface area contributed by atoms with Gasteiger partial charge in [-0.2, -0.15) is 0 Å². The molecule has 0 aromatic heterocycles. The fraction of sp³-hybridized carbons (Fsp3) is 0.667. The first-order chi connectivity index (χ1) is 9.51. The van der Waals surface area contributed by atoms with Crippen molar-refractivity contribution in [1.29, 1.82) is 0 Å². The van der Waals surface area contributed by atoms with E-state index in [9.17, 15) is 19.2 Å². The zero-order valence-electron chi connectivity index (χ0n) is 10.8. The van der Waals surface area contributed by atoms with Gasteiger partial charge in [0.25, 0.3) is 0 Å². The van der Waals surface area contributed by atoms with Gasteiger partial charge in [0.15, 0.2) is 0 Å². The molecule has 0 aromatic rings. The van der Waals surface area contributed by atoms with Gasteiger partial charge in [-0.25, -0.2) is 0 Å². The fourth-order valence-electron chi connectivity index (χ4n) is 2.72. The molecular formula is C12H16N2O6. The molecule has 2 rings (SSSR count). The summed E-state index contributed by atoms with van der Waals surface area (Å²) in [7, 11) is 0. The summed E-state index contributed by atoms with van der Waals surface area (Å²) >= 11 is 0. The molecule has 8 nitrogen and oxygen atoms in total. The lowest BCUT2D eigenvalue weighted by Crippen LogP contribution is -2.37. The van der Waals surface area contributed by atoms with Crippen LogP contribution in [-0.4, -0.2) is 69.9 Å². The van der Waals surface area contributed by atoms with Crippen molar-refractivity contribution in [2.75, 3.05) is 26.3 Å². The first kappa shape index (κ1) is 14.6. The van der Waals surface area contributed by atoms with E-state index in [-0.39, 0.29) is 39.1 Å². The monoisotopic (exact) mass is 284 g/mol. The lowest BCUT2D eigenvalue weighted by atomic mass is 9.89. The molecule has 0 aromatic carbocycles. The molecule has 2 saturated heterocycles. The molecule has 20 heavy (non-hydrogen) atoms. The first-order valence-corrected chi connectivity index (χ1v) is 6.41. The molecule has 2 heterocycles. The molecule has 2 unspecified atom stereocenters. The van der Waals surface area contributed by atoms with Gasteiger partial charge in [-0.15, -0.1) is 0 Å². The van der Waals surface area contributed by atoms with Crippen LogP contribution >= 0.6 is 0 Å². The van der Waals surface area contributed by atoms with E-state index in [1.165, 1.54) is 0 Å². The Labute approximate surface area is 114 Å². The SMILES string of the molecule is O=C1CC(C2CC(=O)N(CCO)C2=O)C(=O)N1CCO. The summed E-state index contributed by atoms with van der Waals surface area (Å²) in [6.07, 6.45) is -0.231. The molecule has 2 aliphatic heterocycles. The van der Waals surface area contributed by atoms with Crippen molar-refractivity contribution in [3.05, 3.63) is 0 Å². The summed E-state index contributed by atoms with van der Waals surface area (Å²) in [4.78, 5) is 49.4. The smallest absolute Gasteiger partial charge is 0.233 e. The average molecular weight is 284 g/mol. The summed E-state index contributed by atoms with van der Waals surface area (Å²) < 4.78 is 0. The van der Waals surface area contributed by atoms with Gasteiger partial charge in [0.2, 0.25) is 23.6 Å². The van der Waals surface area contributed by atoms with Crippen LogP contribution in [0.25, 0.3) is 0 Å². The third-order valence-electron chi connectivity index (χ3n) is 3.69. The fourth-order valence-corrected chi connectivity index (χ4v) is 2.72. The zero-order chi connectivity index (χ0) is 14.9. The largest absolute Gasteiger partial charge is 0.395 e. The Morgan fingerprint density at radius 1 is 0.800 bits per heavy atom. The molecule has 2 fully saturated rings. The second kappa shape index (κ2) is 5.68. The zero-order valence-corrected chi connectivity index (χ0v) is 10.8. The number of rotatable bonds is 5. The Balaban J connectivity index is 2.13. The Kier molecular flexibility index (Phi) is 4.15. The number of hydrogen-bond acceptors (Lipinski definition) is 6. The van der Waals surface area contributed by atoms with Gasteiger partial charge in [0.05, 0.1) is 38.1 Å². The van der Waals surface area contributed by atoms with Gasteiger partial charge in [-0.05, 0) is 0 Å². The normalized spacial score (nSPS) is 27.1. The van der Waals surface area contributed by atoms with Crippen LogP contribution in [0, 0.1) is 11.8 Å². The van der Waals surface area contributed by atoms with E-state index in [0.29, 0.717) is 0 Å². The van der Waals surface area contributed by atoms with Crippen molar-refractivity contribution in [1.82, 2.24) is 9.80 Å². The number of likely N-dealkylation sites (tertiary alicyclic amines) is 2. The summed E-state index contributed by atoms with van der Waals surface area (Å²) in [6, 6.07) is 0. The molecule has 2 N–H and O–H groups in total. The molecule has 8 heteroatoms. The number of aliphatic hydroxyl groups excluding tert-OH is 2. The van der Waals surface area contributed by atoms with Crippen LogP contribution in [0.3, 0.4) is 0 Å². The van der Waals surface area contributed by atoms with Gasteiger partial charge in [-0.1, -0.05) is 0 Å². The van der Waals surface area contributed by atoms with Crippen LogP contribution in [0.15, 0.2) is 0 Å². The second-order valence-electron chi connectivity index (χ2n) is 4.84. The average Bonchev–Trinajstić information content (AvgIpc) is 2.84. The number of imide groups is 2. The molecule has 110 valence electrons. The van der Waals surface area contributed by atoms with E-state index in [1.807, 2.05) is 0 Å². The van der Waals surface area contributed by atoms with Crippen molar-refractivity contribution in [3.63, 3.8) is 0 Å². The highest BCUT2D eigenvalue weighted by molar-refractivity contribution is 6.10. The van der Waals surface area contributed by atoms with Crippen LogP contribution in [0.1, 0.15) is 12.8 Å². The van der Waals surface area contributed by atoms with Gasteiger partial charge in [0, 0.05) is 12.8 Å². The van der Waals surface area contributed by atoms with Crippen molar-refractivity contribution in [3.8, 4) is 0 Å². The molecule has 2 atom stereocenters. The number of aliphatic hydroxyl groups is 2. The quantitative estimate of drug-likeness (QED) is 0.550. The van der Waals surface area contributed by atoms with E-state index in [1.54, 1.807) is 0 Å². The lowest BCUT2D eigenvalue weighted by Gasteiger charge is -2.17. The third-order valence-corrected chi connectivity index (χ3v) is 3.69. The summed E-state index contributed by atoms with van der Waals surface area (Å²) in [5.74, 6) is -3.57. The minimum Gasteiger partial charge on any atom is -0.395 e. The van der Waals surface area contributed by atoms with Crippen LogP contribution in [0.2, 0.25) is 0 Å². The molecule has 0 saturated carbocycles. The maximum Gasteiger partial charge on any atom is 0.233 e. The predicted octanol–water partition coefficient (Wildman–Crippen LogP) is -2.28. The molecule has 0 spiro atoms. The highest BCUT2D eigenvalue weighted by Gasteiger charge is 2.50. The summed E-state index contributed by atoms with van der Waals surface area (Å²) in [6.45, 7) is -0.858. The Bertz CT molecular complexity index is 421. The molecule has 2 aliphatic rings. The number of β-amino-alcohol motifs (C(OH)–C–C–N with tert-alkyl or cyclic N) is 2. The number of hydrogen-bond donors (Lipinski definition) is 2. The van der Waals surface area contributed by atoms with Gasteiger partial charge < -0.3 is 10.2 Å². The van der Waals surface area contributed by atoms with Gasteiger partial charge in [-0.3, -0.25) is 29.0 Å². The number of nitrogens with zero attached hydrogens (tertiary/aromatic N) is 2. The Morgan fingerprint density at radius 3 is 1.45 bits per heavy atom. The van der Waals surface area contributed by atoms with Gasteiger partial charge in [0.1, 0.15) is 0 Å². The molecule has 0 radical (unpaired) electrons. The van der Waals surface area contributed by atoms with E-state index in [0.717, 1.165) is 9.80 Å². The molecule has 0 bridgehead atoms.